The molecule has 16 heavy (non-hydrogen) atoms. The van der Waals surface area contributed by atoms with Crippen molar-refractivity contribution in [3.8, 4) is 5.69 Å². The van der Waals surface area contributed by atoms with Crippen molar-refractivity contribution >= 4 is 5.69 Å². The third kappa shape index (κ3) is 2.16. The normalized spacial score (nSPS) is 10.9. The molecular formula is C10H10F2N4. The molecule has 0 saturated heterocycles. The van der Waals surface area contributed by atoms with Gasteiger partial charge in [-0.05, 0) is 12.1 Å². The van der Waals surface area contributed by atoms with Gasteiger partial charge in [-0.15, -0.1) is 0 Å². The summed E-state index contributed by atoms with van der Waals surface area (Å²) in [5.41, 5.74) is 6.75. The van der Waals surface area contributed by atoms with Crippen LogP contribution in [-0.4, -0.2) is 21.2 Å². The highest BCUT2D eigenvalue weighted by atomic mass is 19.3. The Morgan fingerprint density at radius 2 is 2.25 bits per heavy atom. The summed E-state index contributed by atoms with van der Waals surface area (Å²) >= 11 is 0. The molecule has 0 radical (unpaired) electrons. The van der Waals surface area contributed by atoms with E-state index in [1.165, 1.54) is 10.9 Å². The summed E-state index contributed by atoms with van der Waals surface area (Å²) in [5.74, 6) is 0. The van der Waals surface area contributed by atoms with Crippen LogP contribution in [0.15, 0.2) is 30.7 Å². The fourth-order valence-corrected chi connectivity index (χ4v) is 1.35. The number of alkyl halides is 2. The third-order valence-electron chi connectivity index (χ3n) is 2.08. The van der Waals surface area contributed by atoms with Crippen molar-refractivity contribution in [1.29, 1.82) is 0 Å². The van der Waals surface area contributed by atoms with Crippen LogP contribution in [0.2, 0.25) is 0 Å². The van der Waals surface area contributed by atoms with Gasteiger partial charge >= 0.3 is 0 Å². The van der Waals surface area contributed by atoms with E-state index in [1.807, 2.05) is 0 Å². The molecule has 0 amide bonds. The number of pyridine rings is 1. The number of nitrogens with two attached hydrogens (primary N) is 1. The minimum Gasteiger partial charge on any atom is -0.396 e. The second kappa shape index (κ2) is 4.26. The largest absolute Gasteiger partial charge is 0.396 e. The number of hydrogen-bond acceptors (Lipinski definition) is 3. The molecule has 0 saturated carbocycles. The van der Waals surface area contributed by atoms with E-state index >= 15 is 0 Å². The number of nitrogen functional groups attached to an aromatic ring is 1. The van der Waals surface area contributed by atoms with E-state index in [9.17, 15) is 8.78 Å². The monoisotopic (exact) mass is 224 g/mol. The Morgan fingerprint density at radius 1 is 1.44 bits per heavy atom. The van der Waals surface area contributed by atoms with Crippen molar-refractivity contribution < 1.29 is 8.78 Å². The maximum absolute atomic E-state index is 12.2. The predicted molar refractivity (Wildman–Crippen MR) is 55.5 cm³/mol. The number of hydrogen-bond donors (Lipinski definition) is 1. The van der Waals surface area contributed by atoms with Crippen LogP contribution in [0.3, 0.4) is 0 Å². The van der Waals surface area contributed by atoms with Gasteiger partial charge in [-0.25, -0.2) is 13.5 Å². The number of halogens is 2. The second-order valence-corrected chi connectivity index (χ2v) is 3.28. The lowest BCUT2D eigenvalue weighted by atomic mass is 10.3. The topological polar surface area (TPSA) is 56.7 Å². The van der Waals surface area contributed by atoms with Crippen molar-refractivity contribution in [2.75, 3.05) is 5.73 Å². The fourth-order valence-electron chi connectivity index (χ4n) is 1.35. The smallest absolute Gasteiger partial charge is 0.244 e. The van der Waals surface area contributed by atoms with Gasteiger partial charge in [0.2, 0.25) is 6.43 Å². The fraction of sp³-hybridized carbons (Fsp3) is 0.200. The van der Waals surface area contributed by atoms with E-state index in [0.717, 1.165) is 0 Å². The molecule has 0 fully saturated rings. The van der Waals surface area contributed by atoms with Gasteiger partial charge in [0.15, 0.2) is 0 Å². The van der Waals surface area contributed by atoms with Crippen LogP contribution in [0, 0.1) is 0 Å². The van der Waals surface area contributed by atoms with E-state index < -0.39 is 12.8 Å². The molecule has 0 aliphatic carbocycles. The summed E-state index contributed by atoms with van der Waals surface area (Å²) in [6.07, 6.45) is 1.84. The van der Waals surface area contributed by atoms with Gasteiger partial charge in [0.1, 0.15) is 0 Å². The number of aromatic nitrogens is 3. The molecular weight excluding hydrogens is 214 g/mol. The summed E-state index contributed by atoms with van der Waals surface area (Å²) < 4.78 is 25.8. The standard InChI is InChI=1S/C10H10F2N4/c11-10(12)4-9-8(13)6-16(15-9)7-2-1-3-14-5-7/h1-3,5-6,10H,4,13H2. The Bertz CT molecular complexity index is 467. The van der Waals surface area contributed by atoms with Crippen LogP contribution in [0.5, 0.6) is 0 Å². The highest BCUT2D eigenvalue weighted by Gasteiger charge is 2.12. The summed E-state index contributed by atoms with van der Waals surface area (Å²) in [6.45, 7) is 0. The van der Waals surface area contributed by atoms with Crippen molar-refractivity contribution in [2.45, 2.75) is 12.8 Å². The van der Waals surface area contributed by atoms with Gasteiger partial charge in [-0.2, -0.15) is 5.10 Å². The zero-order valence-electron chi connectivity index (χ0n) is 8.35. The minimum atomic E-state index is -2.44. The summed E-state index contributed by atoms with van der Waals surface area (Å²) in [7, 11) is 0. The molecule has 2 rings (SSSR count). The van der Waals surface area contributed by atoms with Crippen molar-refractivity contribution in [3.05, 3.63) is 36.4 Å². The molecule has 0 aromatic carbocycles. The van der Waals surface area contributed by atoms with Gasteiger partial charge < -0.3 is 5.73 Å². The first-order chi connectivity index (χ1) is 7.66. The van der Waals surface area contributed by atoms with E-state index in [1.54, 1.807) is 24.5 Å². The molecule has 2 N–H and O–H groups in total. The lowest BCUT2D eigenvalue weighted by molar-refractivity contribution is 0.148. The van der Waals surface area contributed by atoms with Crippen LogP contribution >= 0.6 is 0 Å². The molecule has 0 bridgehead atoms. The summed E-state index contributed by atoms with van der Waals surface area (Å²) in [4.78, 5) is 3.91. The van der Waals surface area contributed by atoms with Crippen molar-refractivity contribution in [2.24, 2.45) is 0 Å². The molecule has 0 atom stereocenters. The highest BCUT2D eigenvalue weighted by Crippen LogP contribution is 2.16. The van der Waals surface area contributed by atoms with Crippen molar-refractivity contribution in [3.63, 3.8) is 0 Å². The number of anilines is 1. The van der Waals surface area contributed by atoms with Crippen molar-refractivity contribution in [1.82, 2.24) is 14.8 Å². The summed E-state index contributed by atoms with van der Waals surface area (Å²) in [6, 6.07) is 3.51. The Hall–Kier alpha value is -1.98. The minimum absolute atomic E-state index is 0.207. The van der Waals surface area contributed by atoms with E-state index in [0.29, 0.717) is 5.69 Å². The van der Waals surface area contributed by atoms with E-state index in [2.05, 4.69) is 10.1 Å². The third-order valence-corrected chi connectivity index (χ3v) is 2.08. The van der Waals surface area contributed by atoms with Gasteiger partial charge in [0, 0.05) is 6.20 Å². The van der Waals surface area contributed by atoms with Gasteiger partial charge in [-0.3, -0.25) is 4.98 Å². The van der Waals surface area contributed by atoms with Crippen LogP contribution in [0.25, 0.3) is 5.69 Å². The average Bonchev–Trinajstić information content (AvgIpc) is 2.61. The molecule has 0 aliphatic rings. The van der Waals surface area contributed by atoms with Gasteiger partial charge in [-0.1, -0.05) is 0 Å². The van der Waals surface area contributed by atoms with Crippen LogP contribution < -0.4 is 5.73 Å². The van der Waals surface area contributed by atoms with Crippen LogP contribution in [0.1, 0.15) is 5.69 Å². The average molecular weight is 224 g/mol. The molecule has 84 valence electrons. The van der Waals surface area contributed by atoms with E-state index in [-0.39, 0.29) is 11.4 Å². The molecule has 2 aromatic heterocycles. The summed E-state index contributed by atoms with van der Waals surface area (Å²) in [5, 5.41) is 3.99. The lowest BCUT2D eigenvalue weighted by Gasteiger charge is -1.98. The Morgan fingerprint density at radius 3 is 2.88 bits per heavy atom. The molecule has 0 spiro atoms. The molecule has 4 nitrogen and oxygen atoms in total. The Kier molecular flexibility index (Phi) is 2.80. The highest BCUT2D eigenvalue weighted by molar-refractivity contribution is 5.44. The first kappa shape index (κ1) is 10.5. The molecule has 6 heteroatoms. The van der Waals surface area contributed by atoms with Crippen LogP contribution in [-0.2, 0) is 6.42 Å². The zero-order chi connectivity index (χ0) is 11.5. The number of rotatable bonds is 3. The van der Waals surface area contributed by atoms with Gasteiger partial charge in [0.05, 0.1) is 35.9 Å². The molecule has 0 unspecified atom stereocenters. The zero-order valence-corrected chi connectivity index (χ0v) is 8.35. The first-order valence-corrected chi connectivity index (χ1v) is 4.69. The lowest BCUT2D eigenvalue weighted by Crippen LogP contribution is -2.01. The second-order valence-electron chi connectivity index (χ2n) is 3.28. The predicted octanol–water partition coefficient (Wildman–Crippen LogP) is 1.66. The first-order valence-electron chi connectivity index (χ1n) is 4.69. The maximum atomic E-state index is 12.2. The molecule has 0 aliphatic heterocycles. The SMILES string of the molecule is Nc1cn(-c2cccnc2)nc1CC(F)F. The van der Waals surface area contributed by atoms with Gasteiger partial charge in [0.25, 0.3) is 0 Å². The van der Waals surface area contributed by atoms with Crippen LogP contribution in [0.4, 0.5) is 14.5 Å². The number of nitrogens with zero attached hydrogens (tertiary/aromatic N) is 3. The molecule has 2 heterocycles. The van der Waals surface area contributed by atoms with E-state index in [4.69, 9.17) is 5.73 Å². The molecule has 2 aromatic rings. The maximum Gasteiger partial charge on any atom is 0.244 e. The Labute approximate surface area is 90.7 Å². The Balaban J connectivity index is 2.31. The quantitative estimate of drug-likeness (QED) is 0.862.